The highest BCUT2D eigenvalue weighted by Crippen LogP contribution is 2.23. The minimum absolute atomic E-state index is 0.214. The van der Waals surface area contributed by atoms with Crippen LogP contribution >= 0.6 is 0 Å². The molecule has 0 radical (unpaired) electrons. The Kier molecular flexibility index (Phi) is 3.48. The van der Waals surface area contributed by atoms with Gasteiger partial charge in [0.25, 0.3) is 0 Å². The van der Waals surface area contributed by atoms with Gasteiger partial charge in [-0.3, -0.25) is 0 Å². The molecule has 100 valence electrons. The third kappa shape index (κ3) is 3.47. The van der Waals surface area contributed by atoms with E-state index in [2.05, 4.69) is 9.97 Å². The molecule has 0 saturated heterocycles. The molecule has 2 aromatic rings. The fourth-order valence-electron chi connectivity index (χ4n) is 1.71. The molecule has 0 saturated carbocycles. The van der Waals surface area contributed by atoms with Crippen LogP contribution in [0.25, 0.3) is 11.3 Å². The van der Waals surface area contributed by atoms with Crippen molar-refractivity contribution in [1.82, 2.24) is 9.97 Å². The fraction of sp³-hybridized carbons (Fsp3) is 0.167. The molecule has 0 amide bonds. The summed E-state index contributed by atoms with van der Waals surface area (Å²) in [5.74, 6) is -0.787. The monoisotopic (exact) mass is 281 g/mol. The summed E-state index contributed by atoms with van der Waals surface area (Å²) in [6, 6.07) is 5.89. The summed E-state index contributed by atoms with van der Waals surface area (Å²) in [7, 11) is -3.24. The summed E-state index contributed by atoms with van der Waals surface area (Å²) >= 11 is 0. The third-order valence-electron chi connectivity index (χ3n) is 2.40. The Morgan fingerprint density at radius 2 is 2.11 bits per heavy atom. The largest absolute Gasteiger partial charge is 0.383 e. The van der Waals surface area contributed by atoms with Crippen molar-refractivity contribution in [3.05, 3.63) is 42.0 Å². The minimum Gasteiger partial charge on any atom is -0.383 e. The van der Waals surface area contributed by atoms with Gasteiger partial charge in [-0.15, -0.1) is 0 Å². The second kappa shape index (κ2) is 4.93. The zero-order chi connectivity index (χ0) is 14.0. The number of nitrogens with zero attached hydrogens (tertiary/aromatic N) is 2. The van der Waals surface area contributed by atoms with E-state index in [4.69, 9.17) is 5.73 Å². The topological polar surface area (TPSA) is 85.9 Å². The number of halogens is 1. The van der Waals surface area contributed by atoms with Gasteiger partial charge in [-0.2, -0.15) is 4.39 Å². The molecule has 0 unspecified atom stereocenters. The molecule has 0 aromatic carbocycles. The van der Waals surface area contributed by atoms with Crippen LogP contribution in [0.5, 0.6) is 0 Å². The smallest absolute Gasteiger partial charge is 0.213 e. The molecule has 19 heavy (non-hydrogen) atoms. The molecule has 0 fully saturated rings. The van der Waals surface area contributed by atoms with Gasteiger partial charge >= 0.3 is 0 Å². The van der Waals surface area contributed by atoms with E-state index in [0.29, 0.717) is 11.1 Å². The lowest BCUT2D eigenvalue weighted by atomic mass is 10.1. The third-order valence-corrected chi connectivity index (χ3v) is 3.25. The summed E-state index contributed by atoms with van der Waals surface area (Å²) in [5, 5.41) is 0. The molecule has 0 aliphatic heterocycles. The van der Waals surface area contributed by atoms with Gasteiger partial charge < -0.3 is 5.73 Å². The predicted molar refractivity (Wildman–Crippen MR) is 70.4 cm³/mol. The van der Waals surface area contributed by atoms with Crippen molar-refractivity contribution in [2.24, 2.45) is 0 Å². The summed E-state index contributed by atoms with van der Waals surface area (Å²) in [5.41, 5.74) is 6.75. The molecule has 5 nitrogen and oxygen atoms in total. The molecular formula is C12H12FN3O2S. The highest BCUT2D eigenvalue weighted by Gasteiger charge is 2.11. The number of nitrogen functional groups attached to an aromatic ring is 1. The minimum atomic E-state index is -3.24. The standard InChI is InChI=1S/C12H12FN3O2S/c1-19(17,18)7-8-5-10(16-11(13)6-8)9-3-2-4-15-12(9)14/h2-6H,7H2,1H3,(H2,14,15). The quantitative estimate of drug-likeness (QED) is 0.860. The van der Waals surface area contributed by atoms with Crippen molar-refractivity contribution in [1.29, 1.82) is 0 Å². The van der Waals surface area contributed by atoms with E-state index in [-0.39, 0.29) is 17.3 Å². The molecule has 0 spiro atoms. The van der Waals surface area contributed by atoms with E-state index >= 15 is 0 Å². The molecule has 2 aromatic heterocycles. The summed E-state index contributed by atoms with van der Waals surface area (Å²) in [6.07, 6.45) is 2.60. The average molecular weight is 281 g/mol. The van der Waals surface area contributed by atoms with Crippen molar-refractivity contribution in [3.63, 3.8) is 0 Å². The van der Waals surface area contributed by atoms with E-state index in [0.717, 1.165) is 12.3 Å². The van der Waals surface area contributed by atoms with Crippen molar-refractivity contribution >= 4 is 15.7 Å². The molecule has 2 heterocycles. The van der Waals surface area contributed by atoms with Crippen molar-refractivity contribution in [2.75, 3.05) is 12.0 Å². The number of aromatic nitrogens is 2. The van der Waals surface area contributed by atoms with Gasteiger partial charge in [0.1, 0.15) is 5.82 Å². The Morgan fingerprint density at radius 1 is 1.37 bits per heavy atom. The second-order valence-electron chi connectivity index (χ2n) is 4.19. The molecule has 0 aliphatic rings. The van der Waals surface area contributed by atoms with E-state index in [1.807, 2.05) is 0 Å². The van der Waals surface area contributed by atoms with Gasteiger partial charge in [-0.25, -0.2) is 18.4 Å². The summed E-state index contributed by atoms with van der Waals surface area (Å²) < 4.78 is 35.9. The van der Waals surface area contributed by atoms with Crippen molar-refractivity contribution in [2.45, 2.75) is 5.75 Å². The molecule has 0 bridgehead atoms. The average Bonchev–Trinajstić information content (AvgIpc) is 2.26. The fourth-order valence-corrected chi connectivity index (χ4v) is 2.48. The van der Waals surface area contributed by atoms with E-state index in [1.54, 1.807) is 12.1 Å². The normalized spacial score (nSPS) is 11.5. The van der Waals surface area contributed by atoms with Gasteiger partial charge in [-0.1, -0.05) is 0 Å². The van der Waals surface area contributed by atoms with Crippen LogP contribution in [0, 0.1) is 5.95 Å². The van der Waals surface area contributed by atoms with Crippen LogP contribution in [0.1, 0.15) is 5.56 Å². The number of nitrogens with two attached hydrogens (primary N) is 1. The Labute approximate surface area is 110 Å². The number of anilines is 1. The van der Waals surface area contributed by atoms with Crippen LogP contribution in [0.15, 0.2) is 30.5 Å². The van der Waals surface area contributed by atoms with Crippen LogP contribution in [0.3, 0.4) is 0 Å². The van der Waals surface area contributed by atoms with Gasteiger partial charge in [0.05, 0.1) is 11.4 Å². The Bertz CT molecular complexity index is 717. The molecular weight excluding hydrogens is 269 g/mol. The molecule has 2 N–H and O–H groups in total. The lowest BCUT2D eigenvalue weighted by molar-refractivity contribution is 0.582. The highest BCUT2D eigenvalue weighted by atomic mass is 32.2. The Morgan fingerprint density at radius 3 is 2.74 bits per heavy atom. The maximum absolute atomic E-state index is 13.5. The van der Waals surface area contributed by atoms with Crippen LogP contribution in [-0.4, -0.2) is 24.6 Å². The number of hydrogen-bond acceptors (Lipinski definition) is 5. The molecule has 7 heteroatoms. The second-order valence-corrected chi connectivity index (χ2v) is 6.33. The maximum atomic E-state index is 13.5. The first-order chi connectivity index (χ1) is 8.85. The summed E-state index contributed by atoms with van der Waals surface area (Å²) in [4.78, 5) is 7.60. The Hall–Kier alpha value is -2.02. The van der Waals surface area contributed by atoms with E-state index < -0.39 is 15.8 Å². The number of hydrogen-bond donors (Lipinski definition) is 1. The molecule has 2 rings (SSSR count). The van der Waals surface area contributed by atoms with Crippen LogP contribution in [-0.2, 0) is 15.6 Å². The number of pyridine rings is 2. The first kappa shape index (κ1) is 13.4. The predicted octanol–water partition coefficient (Wildman–Crippen LogP) is 1.41. The van der Waals surface area contributed by atoms with Crippen LogP contribution in [0.4, 0.5) is 10.2 Å². The van der Waals surface area contributed by atoms with Gasteiger partial charge in [0.15, 0.2) is 9.84 Å². The number of rotatable bonds is 3. The van der Waals surface area contributed by atoms with E-state index in [9.17, 15) is 12.8 Å². The first-order valence-corrected chi connectivity index (χ1v) is 7.46. The van der Waals surface area contributed by atoms with E-state index in [1.165, 1.54) is 12.3 Å². The summed E-state index contributed by atoms with van der Waals surface area (Å²) in [6.45, 7) is 0. The molecule has 0 atom stereocenters. The maximum Gasteiger partial charge on any atom is 0.213 e. The lowest BCUT2D eigenvalue weighted by Gasteiger charge is -2.06. The highest BCUT2D eigenvalue weighted by molar-refractivity contribution is 7.89. The zero-order valence-electron chi connectivity index (χ0n) is 10.2. The lowest BCUT2D eigenvalue weighted by Crippen LogP contribution is -2.03. The van der Waals surface area contributed by atoms with Crippen molar-refractivity contribution in [3.8, 4) is 11.3 Å². The SMILES string of the molecule is CS(=O)(=O)Cc1cc(F)nc(-c2cccnc2N)c1. The Balaban J connectivity index is 2.51. The van der Waals surface area contributed by atoms with Crippen LogP contribution < -0.4 is 5.73 Å². The van der Waals surface area contributed by atoms with Gasteiger partial charge in [0.2, 0.25) is 5.95 Å². The first-order valence-electron chi connectivity index (χ1n) is 5.40. The van der Waals surface area contributed by atoms with Gasteiger partial charge in [0, 0.05) is 18.0 Å². The van der Waals surface area contributed by atoms with Crippen molar-refractivity contribution < 1.29 is 12.8 Å². The van der Waals surface area contributed by atoms with Crippen LogP contribution in [0.2, 0.25) is 0 Å². The van der Waals surface area contributed by atoms with Gasteiger partial charge in [-0.05, 0) is 29.8 Å². The molecule has 0 aliphatic carbocycles. The number of sulfone groups is 1. The zero-order valence-corrected chi connectivity index (χ0v) is 11.0.